The number of hydrazone groups is 1. The summed E-state index contributed by atoms with van der Waals surface area (Å²) >= 11 is 0. The molecule has 0 atom stereocenters. The largest absolute Gasteiger partial charge is 0.465 e. The summed E-state index contributed by atoms with van der Waals surface area (Å²) in [6.45, 7) is 0. The van der Waals surface area contributed by atoms with Gasteiger partial charge in [-0.15, -0.1) is 0 Å². The summed E-state index contributed by atoms with van der Waals surface area (Å²) in [4.78, 5) is 4.06. The van der Waals surface area contributed by atoms with E-state index in [-0.39, 0.29) is 0 Å². The van der Waals surface area contributed by atoms with Gasteiger partial charge in [-0.25, -0.2) is 4.98 Å². The molecule has 4 nitrogen and oxygen atoms in total. The van der Waals surface area contributed by atoms with E-state index in [1.165, 1.54) is 0 Å². The van der Waals surface area contributed by atoms with Crippen LogP contribution in [0.3, 0.4) is 0 Å². The molecular weight excluding hydrogens is 202 g/mol. The van der Waals surface area contributed by atoms with Gasteiger partial charge in [0.25, 0.3) is 0 Å². The van der Waals surface area contributed by atoms with Gasteiger partial charge in [0.1, 0.15) is 11.6 Å². The zero-order valence-electron chi connectivity index (χ0n) is 8.58. The second kappa shape index (κ2) is 5.50. The maximum atomic E-state index is 5.12. The number of nitrogens with one attached hydrogen (secondary N) is 1. The molecule has 2 aromatic rings. The molecule has 16 heavy (non-hydrogen) atoms. The molecule has 0 aliphatic heterocycles. The quantitative estimate of drug-likeness (QED) is 0.627. The normalized spacial score (nSPS) is 11.2. The molecule has 4 heteroatoms. The number of hydrogen-bond acceptors (Lipinski definition) is 4. The third-order valence-electron chi connectivity index (χ3n) is 1.81. The first-order valence-electron chi connectivity index (χ1n) is 4.85. The van der Waals surface area contributed by atoms with E-state index < -0.39 is 0 Å². The lowest BCUT2D eigenvalue weighted by Gasteiger charge is -1.95. The minimum Gasteiger partial charge on any atom is -0.465 e. The van der Waals surface area contributed by atoms with E-state index in [1.807, 2.05) is 36.4 Å². The fraction of sp³-hybridized carbons (Fsp3) is 0. The van der Waals surface area contributed by atoms with Crippen LogP contribution >= 0.6 is 0 Å². The zero-order valence-corrected chi connectivity index (χ0v) is 8.58. The fourth-order valence-corrected chi connectivity index (χ4v) is 1.10. The lowest BCUT2D eigenvalue weighted by Crippen LogP contribution is -1.90. The molecule has 0 spiro atoms. The van der Waals surface area contributed by atoms with Crippen LogP contribution in [-0.2, 0) is 0 Å². The van der Waals surface area contributed by atoms with Crippen molar-refractivity contribution in [3.63, 3.8) is 0 Å². The Morgan fingerprint density at radius 2 is 2.25 bits per heavy atom. The molecule has 0 saturated carbocycles. The summed E-state index contributed by atoms with van der Waals surface area (Å²) in [5.74, 6) is 1.51. The second-order valence-corrected chi connectivity index (χ2v) is 2.98. The number of pyridine rings is 1. The highest BCUT2D eigenvalue weighted by Crippen LogP contribution is 2.01. The first-order chi connectivity index (χ1) is 7.95. The van der Waals surface area contributed by atoms with Gasteiger partial charge in [0, 0.05) is 12.4 Å². The van der Waals surface area contributed by atoms with Gasteiger partial charge in [-0.3, -0.25) is 5.43 Å². The Hall–Kier alpha value is -2.36. The zero-order chi connectivity index (χ0) is 11.1. The van der Waals surface area contributed by atoms with E-state index in [0.29, 0.717) is 5.82 Å². The number of allylic oxidation sites excluding steroid dienone is 1. The van der Waals surface area contributed by atoms with E-state index >= 15 is 0 Å². The number of furan rings is 1. The van der Waals surface area contributed by atoms with Crippen molar-refractivity contribution in [1.29, 1.82) is 0 Å². The van der Waals surface area contributed by atoms with E-state index in [0.717, 1.165) is 5.76 Å². The topological polar surface area (TPSA) is 50.4 Å². The number of aromatic nitrogens is 1. The number of anilines is 1. The van der Waals surface area contributed by atoms with E-state index in [4.69, 9.17) is 4.42 Å². The van der Waals surface area contributed by atoms with E-state index in [1.54, 1.807) is 24.8 Å². The molecule has 0 bridgehead atoms. The third kappa shape index (κ3) is 3.09. The van der Waals surface area contributed by atoms with E-state index in [2.05, 4.69) is 15.5 Å². The maximum Gasteiger partial charge on any atom is 0.146 e. The number of rotatable bonds is 4. The smallest absolute Gasteiger partial charge is 0.146 e. The summed E-state index contributed by atoms with van der Waals surface area (Å²) < 4.78 is 5.12. The summed E-state index contributed by atoms with van der Waals surface area (Å²) in [7, 11) is 0. The Morgan fingerprint density at radius 3 is 3.00 bits per heavy atom. The standard InChI is InChI=1S/C12H11N3O/c1-2-8-13-12(7-1)15-14-9-3-5-11-6-4-10-16-11/h1-10H,(H,13,15)/b5-3+,14-9-. The summed E-state index contributed by atoms with van der Waals surface area (Å²) in [6.07, 6.45) is 8.58. The molecule has 80 valence electrons. The Kier molecular flexibility index (Phi) is 3.50. The molecule has 0 amide bonds. The Morgan fingerprint density at radius 1 is 1.25 bits per heavy atom. The fourth-order valence-electron chi connectivity index (χ4n) is 1.10. The van der Waals surface area contributed by atoms with Crippen molar-refractivity contribution in [3.05, 3.63) is 54.6 Å². The van der Waals surface area contributed by atoms with Gasteiger partial charge in [-0.2, -0.15) is 5.10 Å². The number of nitrogens with zero attached hydrogens (tertiary/aromatic N) is 2. The first kappa shape index (κ1) is 10.2. The molecule has 0 fully saturated rings. The van der Waals surface area contributed by atoms with Gasteiger partial charge in [0.05, 0.1) is 6.26 Å². The summed E-state index contributed by atoms with van der Waals surface area (Å²) in [5, 5.41) is 3.98. The van der Waals surface area contributed by atoms with Gasteiger partial charge < -0.3 is 4.42 Å². The van der Waals surface area contributed by atoms with Crippen molar-refractivity contribution in [3.8, 4) is 0 Å². The van der Waals surface area contributed by atoms with Crippen LogP contribution in [-0.4, -0.2) is 11.2 Å². The van der Waals surface area contributed by atoms with Crippen molar-refractivity contribution in [1.82, 2.24) is 4.98 Å². The molecule has 2 aromatic heterocycles. The van der Waals surface area contributed by atoms with Crippen molar-refractivity contribution >= 4 is 18.1 Å². The van der Waals surface area contributed by atoms with Crippen LogP contribution in [0.25, 0.3) is 6.08 Å². The van der Waals surface area contributed by atoms with Crippen molar-refractivity contribution < 1.29 is 4.42 Å². The van der Waals surface area contributed by atoms with Crippen molar-refractivity contribution in [2.45, 2.75) is 0 Å². The van der Waals surface area contributed by atoms with E-state index in [9.17, 15) is 0 Å². The predicted octanol–water partition coefficient (Wildman–Crippen LogP) is 2.79. The molecule has 0 aliphatic rings. The lowest BCUT2D eigenvalue weighted by molar-refractivity contribution is 0.557. The van der Waals surface area contributed by atoms with Crippen LogP contribution in [0.15, 0.2) is 58.4 Å². The monoisotopic (exact) mass is 213 g/mol. The highest BCUT2D eigenvalue weighted by Gasteiger charge is 1.85. The maximum absolute atomic E-state index is 5.12. The third-order valence-corrected chi connectivity index (χ3v) is 1.81. The molecule has 1 N–H and O–H groups in total. The van der Waals surface area contributed by atoms with Crippen LogP contribution in [0.1, 0.15) is 5.76 Å². The minimum atomic E-state index is 0.713. The molecular formula is C12H11N3O. The van der Waals surface area contributed by atoms with Gasteiger partial charge >= 0.3 is 0 Å². The van der Waals surface area contributed by atoms with Crippen LogP contribution in [0.2, 0.25) is 0 Å². The average Bonchev–Trinajstić information content (AvgIpc) is 2.83. The highest BCUT2D eigenvalue weighted by atomic mass is 16.3. The van der Waals surface area contributed by atoms with Crippen molar-refractivity contribution in [2.24, 2.45) is 5.10 Å². The van der Waals surface area contributed by atoms with Gasteiger partial charge in [-0.05, 0) is 36.4 Å². The lowest BCUT2D eigenvalue weighted by atomic mass is 10.4. The van der Waals surface area contributed by atoms with Crippen LogP contribution in [0.4, 0.5) is 5.82 Å². The molecule has 0 radical (unpaired) electrons. The molecule has 0 aliphatic carbocycles. The second-order valence-electron chi connectivity index (χ2n) is 2.98. The van der Waals surface area contributed by atoms with Crippen molar-refractivity contribution in [2.75, 3.05) is 5.43 Å². The highest BCUT2D eigenvalue weighted by molar-refractivity contribution is 5.77. The molecule has 0 saturated heterocycles. The minimum absolute atomic E-state index is 0.713. The molecule has 2 heterocycles. The van der Waals surface area contributed by atoms with Gasteiger partial charge in [-0.1, -0.05) is 6.07 Å². The van der Waals surface area contributed by atoms with Gasteiger partial charge in [0.15, 0.2) is 0 Å². The van der Waals surface area contributed by atoms with Crippen LogP contribution in [0.5, 0.6) is 0 Å². The predicted molar refractivity (Wildman–Crippen MR) is 64.1 cm³/mol. The average molecular weight is 213 g/mol. The van der Waals surface area contributed by atoms with Crippen LogP contribution in [0, 0.1) is 0 Å². The van der Waals surface area contributed by atoms with Crippen LogP contribution < -0.4 is 5.43 Å². The summed E-state index contributed by atoms with van der Waals surface area (Å²) in [6, 6.07) is 9.29. The Balaban J connectivity index is 1.83. The summed E-state index contributed by atoms with van der Waals surface area (Å²) in [5.41, 5.74) is 2.80. The SMILES string of the molecule is C(/C=C/c1ccco1)=N/Nc1ccccn1. The van der Waals surface area contributed by atoms with Gasteiger partial charge in [0.2, 0.25) is 0 Å². The molecule has 2 rings (SSSR count). The first-order valence-corrected chi connectivity index (χ1v) is 4.85. The number of hydrogen-bond donors (Lipinski definition) is 1. The Bertz CT molecular complexity index is 460. The Labute approximate surface area is 93.3 Å². The molecule has 0 unspecified atom stereocenters. The molecule has 0 aromatic carbocycles.